The summed E-state index contributed by atoms with van der Waals surface area (Å²) >= 11 is 0. The number of aromatic nitrogens is 3. The van der Waals surface area contributed by atoms with Crippen LogP contribution in [0, 0.1) is 0 Å². The van der Waals surface area contributed by atoms with Crippen LogP contribution in [0.2, 0.25) is 0 Å². The second-order valence-corrected chi connectivity index (χ2v) is 5.57. The minimum atomic E-state index is -4.55. The first kappa shape index (κ1) is 16.2. The number of nitrogens with zero attached hydrogens (tertiary/aromatic N) is 3. The van der Waals surface area contributed by atoms with Crippen molar-refractivity contribution in [3.8, 4) is 0 Å². The average molecular weight is 333 g/mol. The number of alkyl halides is 3. The maximum atomic E-state index is 13.0. The fourth-order valence-electron chi connectivity index (χ4n) is 2.67. The third-order valence-corrected chi connectivity index (χ3v) is 3.85. The van der Waals surface area contributed by atoms with E-state index in [0.717, 1.165) is 11.6 Å². The third kappa shape index (κ3) is 3.02. The van der Waals surface area contributed by atoms with E-state index in [2.05, 4.69) is 9.97 Å². The molecular weight excluding hydrogens is 319 g/mol. The molecule has 1 aromatic carbocycles. The van der Waals surface area contributed by atoms with Crippen LogP contribution in [0.4, 0.5) is 13.2 Å². The smallest absolute Gasteiger partial charge is 0.296 e. The van der Waals surface area contributed by atoms with Crippen molar-refractivity contribution in [3.05, 3.63) is 70.5 Å². The van der Waals surface area contributed by atoms with Gasteiger partial charge in [0.05, 0.1) is 22.8 Å². The molecule has 0 aliphatic rings. The number of para-hydroxylation sites is 1. The molecular formula is C17H14F3N3O. The molecule has 4 nitrogen and oxygen atoms in total. The molecule has 0 radical (unpaired) electrons. The molecule has 2 aromatic heterocycles. The van der Waals surface area contributed by atoms with E-state index < -0.39 is 17.3 Å². The molecule has 0 fully saturated rings. The number of halogens is 3. The van der Waals surface area contributed by atoms with Gasteiger partial charge < -0.3 is 0 Å². The minimum absolute atomic E-state index is 0.0367. The first-order chi connectivity index (χ1) is 11.4. The number of fused-ring (bicyclic) bond motifs is 1. The van der Waals surface area contributed by atoms with Gasteiger partial charge in [-0.15, -0.1) is 0 Å². The van der Waals surface area contributed by atoms with Crippen molar-refractivity contribution in [2.45, 2.75) is 25.6 Å². The summed E-state index contributed by atoms with van der Waals surface area (Å²) in [6.07, 6.45) is 0.502. The van der Waals surface area contributed by atoms with E-state index in [1.165, 1.54) is 23.0 Å². The fourth-order valence-corrected chi connectivity index (χ4v) is 2.67. The lowest BCUT2D eigenvalue weighted by Crippen LogP contribution is -2.25. The van der Waals surface area contributed by atoms with Crippen molar-refractivity contribution in [3.63, 3.8) is 0 Å². The Morgan fingerprint density at radius 2 is 2.00 bits per heavy atom. The van der Waals surface area contributed by atoms with E-state index >= 15 is 0 Å². The van der Waals surface area contributed by atoms with Crippen molar-refractivity contribution in [1.82, 2.24) is 14.5 Å². The monoisotopic (exact) mass is 333 g/mol. The van der Waals surface area contributed by atoms with Crippen LogP contribution in [0.25, 0.3) is 10.9 Å². The van der Waals surface area contributed by atoms with E-state index in [4.69, 9.17) is 0 Å². The summed E-state index contributed by atoms with van der Waals surface area (Å²) in [6, 6.07) is 6.94. The van der Waals surface area contributed by atoms with Crippen LogP contribution in [0.5, 0.6) is 0 Å². The Bertz CT molecular complexity index is 920. The van der Waals surface area contributed by atoms with Gasteiger partial charge in [0, 0.05) is 18.4 Å². The van der Waals surface area contributed by atoms with Crippen LogP contribution >= 0.6 is 0 Å². The van der Waals surface area contributed by atoms with Gasteiger partial charge >= 0.3 is 6.18 Å². The predicted molar refractivity (Wildman–Crippen MR) is 83.7 cm³/mol. The molecule has 0 saturated carbocycles. The highest BCUT2D eigenvalue weighted by molar-refractivity contribution is 5.81. The minimum Gasteiger partial charge on any atom is -0.296 e. The Morgan fingerprint density at radius 1 is 1.21 bits per heavy atom. The van der Waals surface area contributed by atoms with Gasteiger partial charge in [0.1, 0.15) is 0 Å². The average Bonchev–Trinajstić information content (AvgIpc) is 2.54. The van der Waals surface area contributed by atoms with Crippen molar-refractivity contribution in [1.29, 1.82) is 0 Å². The lowest BCUT2D eigenvalue weighted by molar-refractivity contribution is -0.136. The largest absolute Gasteiger partial charge is 0.418 e. The molecule has 0 spiro atoms. The SMILES string of the molecule is C[C@H](Cc1cccnc1)n1cnc2c(C(F)(F)F)cccc2c1=O. The molecule has 24 heavy (non-hydrogen) atoms. The van der Waals surface area contributed by atoms with Crippen molar-refractivity contribution < 1.29 is 13.2 Å². The summed E-state index contributed by atoms with van der Waals surface area (Å²) in [5.41, 5.74) is -0.771. The topological polar surface area (TPSA) is 47.8 Å². The molecule has 1 atom stereocenters. The lowest BCUT2D eigenvalue weighted by atomic mass is 10.1. The van der Waals surface area contributed by atoms with Crippen LogP contribution in [-0.2, 0) is 12.6 Å². The maximum Gasteiger partial charge on any atom is 0.418 e. The summed E-state index contributed by atoms with van der Waals surface area (Å²) in [5, 5.41) is -0.0367. The van der Waals surface area contributed by atoms with E-state index in [1.54, 1.807) is 18.5 Å². The summed E-state index contributed by atoms with van der Waals surface area (Å²) in [4.78, 5) is 20.5. The van der Waals surface area contributed by atoms with Crippen molar-refractivity contribution >= 4 is 10.9 Å². The molecule has 0 aliphatic carbocycles. The Labute approximate surface area is 135 Å². The van der Waals surface area contributed by atoms with Crippen LogP contribution in [0.1, 0.15) is 24.1 Å². The van der Waals surface area contributed by atoms with Crippen molar-refractivity contribution in [2.75, 3.05) is 0 Å². The first-order valence-corrected chi connectivity index (χ1v) is 7.34. The fraction of sp³-hybridized carbons (Fsp3) is 0.235. The molecule has 2 heterocycles. The molecule has 0 amide bonds. The molecule has 3 aromatic rings. The predicted octanol–water partition coefficient (Wildman–Crippen LogP) is 3.61. The molecule has 7 heteroatoms. The highest BCUT2D eigenvalue weighted by atomic mass is 19.4. The van der Waals surface area contributed by atoms with Crippen LogP contribution in [-0.4, -0.2) is 14.5 Å². The third-order valence-electron chi connectivity index (χ3n) is 3.85. The maximum absolute atomic E-state index is 13.0. The highest BCUT2D eigenvalue weighted by Gasteiger charge is 2.33. The number of rotatable bonds is 3. The number of pyridine rings is 1. The van der Waals surface area contributed by atoms with Gasteiger partial charge in [-0.1, -0.05) is 12.1 Å². The quantitative estimate of drug-likeness (QED) is 0.735. The molecule has 0 saturated heterocycles. The zero-order valence-corrected chi connectivity index (χ0v) is 12.8. The summed E-state index contributed by atoms with van der Waals surface area (Å²) in [6.45, 7) is 1.82. The molecule has 124 valence electrons. The summed E-state index contributed by atoms with van der Waals surface area (Å²) < 4.78 is 40.5. The van der Waals surface area contributed by atoms with Crippen molar-refractivity contribution in [2.24, 2.45) is 0 Å². The van der Waals surface area contributed by atoms with Gasteiger partial charge in [-0.25, -0.2) is 4.98 Å². The van der Waals surface area contributed by atoms with Crippen LogP contribution in [0.3, 0.4) is 0 Å². The molecule has 0 bridgehead atoms. The van der Waals surface area contributed by atoms with Gasteiger partial charge in [-0.3, -0.25) is 14.3 Å². The standard InChI is InChI=1S/C17H14F3N3O/c1-11(8-12-4-3-7-21-9-12)23-10-22-15-13(16(23)24)5-2-6-14(15)17(18,19)20/h2-7,9-11H,8H2,1H3/t11-/m1/s1. The van der Waals surface area contributed by atoms with Gasteiger partial charge in [0.15, 0.2) is 0 Å². The van der Waals surface area contributed by atoms with Gasteiger partial charge in [-0.05, 0) is 37.1 Å². The number of hydrogen-bond donors (Lipinski definition) is 0. The van der Waals surface area contributed by atoms with E-state index in [-0.39, 0.29) is 16.9 Å². The lowest BCUT2D eigenvalue weighted by Gasteiger charge is -2.16. The number of benzene rings is 1. The second-order valence-electron chi connectivity index (χ2n) is 5.57. The molecule has 3 rings (SSSR count). The van der Waals surface area contributed by atoms with Gasteiger partial charge in [-0.2, -0.15) is 13.2 Å². The zero-order chi connectivity index (χ0) is 17.3. The molecule has 0 unspecified atom stereocenters. The molecule has 0 N–H and O–H groups in total. The zero-order valence-electron chi connectivity index (χ0n) is 12.8. The Morgan fingerprint density at radius 3 is 2.67 bits per heavy atom. The molecule has 0 aliphatic heterocycles. The number of hydrogen-bond acceptors (Lipinski definition) is 3. The Hall–Kier alpha value is -2.70. The van der Waals surface area contributed by atoms with E-state index in [0.29, 0.717) is 6.42 Å². The van der Waals surface area contributed by atoms with E-state index in [1.807, 2.05) is 13.0 Å². The Kier molecular flexibility index (Phi) is 4.09. The van der Waals surface area contributed by atoms with Gasteiger partial charge in [0.25, 0.3) is 5.56 Å². The van der Waals surface area contributed by atoms with Gasteiger partial charge in [0.2, 0.25) is 0 Å². The normalized spacial score (nSPS) is 13.2. The van der Waals surface area contributed by atoms with Crippen LogP contribution in [0.15, 0.2) is 53.8 Å². The first-order valence-electron chi connectivity index (χ1n) is 7.34. The highest BCUT2D eigenvalue weighted by Crippen LogP contribution is 2.32. The second kappa shape index (κ2) is 6.07. The summed E-state index contributed by atoms with van der Waals surface area (Å²) in [7, 11) is 0. The Balaban J connectivity index is 2.05. The summed E-state index contributed by atoms with van der Waals surface area (Å²) in [5.74, 6) is 0. The van der Waals surface area contributed by atoms with E-state index in [9.17, 15) is 18.0 Å². The van der Waals surface area contributed by atoms with Crippen LogP contribution < -0.4 is 5.56 Å².